The highest BCUT2D eigenvalue weighted by Crippen LogP contribution is 2.23. The van der Waals surface area contributed by atoms with Gasteiger partial charge in [0.1, 0.15) is 0 Å². The van der Waals surface area contributed by atoms with Crippen molar-refractivity contribution in [2.75, 3.05) is 6.61 Å². The lowest BCUT2D eigenvalue weighted by Crippen LogP contribution is -2.21. The van der Waals surface area contributed by atoms with Gasteiger partial charge in [0.05, 0.1) is 18.5 Å². The van der Waals surface area contributed by atoms with Gasteiger partial charge in [-0.1, -0.05) is 59.3 Å². The molecule has 180 valence electrons. The van der Waals surface area contributed by atoms with Gasteiger partial charge < -0.3 is 9.84 Å². The maximum Gasteiger partial charge on any atom is 0.0876 e. The first-order valence-electron chi connectivity index (χ1n) is 12.5. The fourth-order valence-corrected chi connectivity index (χ4v) is 3.92. The molecule has 1 N–H and O–H groups in total. The zero-order valence-electron chi connectivity index (χ0n) is 21.5. The summed E-state index contributed by atoms with van der Waals surface area (Å²) in [7, 11) is 0. The summed E-state index contributed by atoms with van der Waals surface area (Å²) < 4.78 is 5.81. The average Bonchev–Trinajstić information content (AvgIpc) is 2.72. The Bertz CT molecular complexity index is 701. The Morgan fingerprint density at radius 2 is 1.38 bits per heavy atom. The zero-order chi connectivity index (χ0) is 23.8. The minimum atomic E-state index is 0.135. The van der Waals surface area contributed by atoms with Crippen molar-refractivity contribution in [1.82, 2.24) is 0 Å². The van der Waals surface area contributed by atoms with Crippen LogP contribution in [0.3, 0.4) is 0 Å². The zero-order valence-corrected chi connectivity index (χ0v) is 21.5. The standard InChI is InChI=1S/C30H48O2/c1-24(2)12-9-15-27(5)17-10-16-25(3)13-7-8-14-26(4)18-11-19-29-20-21-30(32-23-29)22-28(6)31/h12-14,17,19,30-31H,6-11,15-16,18,20-23H2,1-5H3/b25-13+,26-14+,27-17+,29-19-/t30-/m1/s1. The maximum absolute atomic E-state index is 9.29. The van der Waals surface area contributed by atoms with E-state index in [1.807, 2.05) is 0 Å². The Morgan fingerprint density at radius 1 is 0.844 bits per heavy atom. The minimum Gasteiger partial charge on any atom is -0.513 e. The van der Waals surface area contributed by atoms with Gasteiger partial charge in [0.2, 0.25) is 0 Å². The maximum atomic E-state index is 9.29. The normalized spacial score (nSPS) is 19.3. The van der Waals surface area contributed by atoms with Crippen LogP contribution < -0.4 is 0 Å². The summed E-state index contributed by atoms with van der Waals surface area (Å²) in [6.07, 6.45) is 23.8. The molecule has 1 heterocycles. The molecule has 2 heteroatoms. The molecule has 32 heavy (non-hydrogen) atoms. The Labute approximate surface area is 198 Å². The largest absolute Gasteiger partial charge is 0.513 e. The third-order valence-corrected chi connectivity index (χ3v) is 6.00. The van der Waals surface area contributed by atoms with Gasteiger partial charge in [0, 0.05) is 6.42 Å². The van der Waals surface area contributed by atoms with Crippen LogP contribution in [0.1, 0.15) is 105 Å². The summed E-state index contributed by atoms with van der Waals surface area (Å²) in [6.45, 7) is 15.4. The van der Waals surface area contributed by atoms with E-state index < -0.39 is 0 Å². The van der Waals surface area contributed by atoms with Crippen LogP contribution in [0, 0.1) is 0 Å². The first-order valence-corrected chi connectivity index (χ1v) is 12.5. The quantitative estimate of drug-likeness (QED) is 0.165. The first-order chi connectivity index (χ1) is 15.3. The molecule has 1 saturated heterocycles. The van der Waals surface area contributed by atoms with E-state index in [2.05, 4.69) is 71.6 Å². The van der Waals surface area contributed by atoms with E-state index in [-0.39, 0.29) is 11.9 Å². The highest BCUT2D eigenvalue weighted by atomic mass is 16.5. The van der Waals surface area contributed by atoms with E-state index in [0.717, 1.165) is 51.4 Å². The summed E-state index contributed by atoms with van der Waals surface area (Å²) in [5.41, 5.74) is 7.32. The molecule has 1 rings (SSSR count). The van der Waals surface area contributed by atoms with Gasteiger partial charge in [-0.15, -0.1) is 0 Å². The number of aliphatic hydroxyl groups excluding tert-OH is 1. The van der Waals surface area contributed by atoms with Gasteiger partial charge in [-0.2, -0.15) is 0 Å². The second-order valence-electron chi connectivity index (χ2n) is 9.73. The summed E-state index contributed by atoms with van der Waals surface area (Å²) in [6, 6.07) is 0. The molecule has 0 saturated carbocycles. The van der Waals surface area contributed by atoms with Crippen molar-refractivity contribution < 1.29 is 9.84 Å². The third kappa shape index (κ3) is 15.1. The summed E-state index contributed by atoms with van der Waals surface area (Å²) in [5, 5.41) is 9.29. The monoisotopic (exact) mass is 440 g/mol. The molecule has 1 fully saturated rings. The third-order valence-electron chi connectivity index (χ3n) is 6.00. The predicted octanol–water partition coefficient (Wildman–Crippen LogP) is 9.48. The molecule has 2 nitrogen and oxygen atoms in total. The van der Waals surface area contributed by atoms with Crippen LogP contribution in [-0.2, 0) is 4.74 Å². The predicted molar refractivity (Wildman–Crippen MR) is 141 cm³/mol. The van der Waals surface area contributed by atoms with Crippen molar-refractivity contribution in [2.45, 2.75) is 111 Å². The Kier molecular flexibility index (Phi) is 14.8. The SMILES string of the molecule is C=C(O)C[C@H]1CC/C(=C/CC/C(C)=C/CC/C=C(\C)CC/C=C(\C)CCC=C(C)C)CO1. The molecule has 0 aromatic carbocycles. The van der Waals surface area contributed by atoms with E-state index in [0.29, 0.717) is 13.0 Å². The van der Waals surface area contributed by atoms with E-state index in [1.165, 1.54) is 40.7 Å². The lowest BCUT2D eigenvalue weighted by Gasteiger charge is -2.24. The highest BCUT2D eigenvalue weighted by molar-refractivity contribution is 5.09. The first kappa shape index (κ1) is 28.2. The van der Waals surface area contributed by atoms with Gasteiger partial charge in [0.25, 0.3) is 0 Å². The van der Waals surface area contributed by atoms with Crippen LogP contribution in [0.25, 0.3) is 0 Å². The van der Waals surface area contributed by atoms with Crippen LogP contribution in [0.5, 0.6) is 0 Å². The van der Waals surface area contributed by atoms with Crippen molar-refractivity contribution in [1.29, 1.82) is 0 Å². The van der Waals surface area contributed by atoms with Gasteiger partial charge >= 0.3 is 0 Å². The molecular weight excluding hydrogens is 392 g/mol. The topological polar surface area (TPSA) is 29.5 Å². The molecule has 0 aromatic rings. The molecule has 0 aromatic heterocycles. The van der Waals surface area contributed by atoms with Crippen LogP contribution in [-0.4, -0.2) is 17.8 Å². The number of hydrogen-bond donors (Lipinski definition) is 1. The smallest absolute Gasteiger partial charge is 0.0876 e. The van der Waals surface area contributed by atoms with E-state index in [4.69, 9.17) is 4.74 Å². The molecule has 0 aliphatic carbocycles. The van der Waals surface area contributed by atoms with Crippen LogP contribution in [0.4, 0.5) is 0 Å². The Balaban J connectivity index is 2.19. The van der Waals surface area contributed by atoms with E-state index in [9.17, 15) is 5.11 Å². The minimum absolute atomic E-state index is 0.135. The molecule has 1 aliphatic rings. The molecule has 0 spiro atoms. The number of rotatable bonds is 14. The van der Waals surface area contributed by atoms with Gasteiger partial charge in [-0.3, -0.25) is 0 Å². The summed E-state index contributed by atoms with van der Waals surface area (Å²) >= 11 is 0. The van der Waals surface area contributed by atoms with Crippen LogP contribution in [0.2, 0.25) is 0 Å². The average molecular weight is 441 g/mol. The van der Waals surface area contributed by atoms with Crippen molar-refractivity contribution in [3.8, 4) is 0 Å². The second kappa shape index (κ2) is 16.8. The second-order valence-corrected chi connectivity index (χ2v) is 9.73. The number of aliphatic hydroxyl groups is 1. The Morgan fingerprint density at radius 3 is 1.88 bits per heavy atom. The van der Waals surface area contributed by atoms with E-state index in [1.54, 1.807) is 0 Å². The summed E-state index contributed by atoms with van der Waals surface area (Å²) in [5.74, 6) is 0.228. The summed E-state index contributed by atoms with van der Waals surface area (Å²) in [4.78, 5) is 0. The number of hydrogen-bond acceptors (Lipinski definition) is 2. The van der Waals surface area contributed by atoms with Crippen molar-refractivity contribution in [2.24, 2.45) is 0 Å². The van der Waals surface area contributed by atoms with Crippen molar-refractivity contribution in [3.63, 3.8) is 0 Å². The van der Waals surface area contributed by atoms with Gasteiger partial charge in [-0.05, 0) is 104 Å². The van der Waals surface area contributed by atoms with Crippen molar-refractivity contribution in [3.05, 3.63) is 70.6 Å². The van der Waals surface area contributed by atoms with Crippen LogP contribution in [0.15, 0.2) is 70.6 Å². The molecule has 0 radical (unpaired) electrons. The molecule has 1 atom stereocenters. The number of ether oxygens (including phenoxy) is 1. The number of allylic oxidation sites excluding steroid dienone is 9. The molecule has 0 amide bonds. The Hall–Kier alpha value is -1.80. The lowest BCUT2D eigenvalue weighted by atomic mass is 9.99. The fraction of sp³-hybridized carbons (Fsp3) is 0.600. The molecule has 0 bridgehead atoms. The lowest BCUT2D eigenvalue weighted by molar-refractivity contribution is 0.0363. The molecular formula is C30H48O2. The van der Waals surface area contributed by atoms with Gasteiger partial charge in [0.15, 0.2) is 0 Å². The van der Waals surface area contributed by atoms with E-state index >= 15 is 0 Å². The van der Waals surface area contributed by atoms with Crippen molar-refractivity contribution >= 4 is 0 Å². The van der Waals surface area contributed by atoms with Gasteiger partial charge in [-0.25, -0.2) is 0 Å². The fourth-order valence-electron chi connectivity index (χ4n) is 3.92. The number of unbranched alkanes of at least 4 members (excludes halogenated alkanes) is 1. The highest BCUT2D eigenvalue weighted by Gasteiger charge is 2.17. The van der Waals surface area contributed by atoms with Crippen LogP contribution >= 0.6 is 0 Å². The molecule has 0 unspecified atom stereocenters. The molecule has 1 aliphatic heterocycles.